The Morgan fingerprint density at radius 1 is 1.50 bits per heavy atom. The van der Waals surface area contributed by atoms with E-state index in [0.717, 1.165) is 6.20 Å². The fraction of sp³-hybridized carbons (Fsp3) is 0.333. The second-order valence-corrected chi connectivity index (χ2v) is 3.85. The highest BCUT2D eigenvalue weighted by Crippen LogP contribution is 2.24. The van der Waals surface area contributed by atoms with Gasteiger partial charge in [0.15, 0.2) is 0 Å². The van der Waals surface area contributed by atoms with Gasteiger partial charge in [-0.05, 0) is 19.9 Å². The van der Waals surface area contributed by atoms with E-state index < -0.39 is 5.82 Å². The third kappa shape index (κ3) is 2.48. The van der Waals surface area contributed by atoms with Crippen molar-refractivity contribution >= 4 is 5.82 Å². The van der Waals surface area contributed by atoms with E-state index in [1.807, 2.05) is 13.8 Å². The van der Waals surface area contributed by atoms with Crippen molar-refractivity contribution < 1.29 is 9.13 Å². The van der Waals surface area contributed by atoms with Gasteiger partial charge in [0, 0.05) is 23.9 Å². The molecule has 0 saturated heterocycles. The second-order valence-electron chi connectivity index (χ2n) is 3.85. The van der Waals surface area contributed by atoms with Crippen LogP contribution < -0.4 is 5.73 Å². The number of nitrogens with zero attached hydrogens (tertiary/aromatic N) is 3. The van der Waals surface area contributed by atoms with Gasteiger partial charge in [-0.25, -0.2) is 14.1 Å². The molecule has 2 rings (SSSR count). The number of hydrogen-bond donors (Lipinski definition) is 1. The Labute approximate surface area is 104 Å². The van der Waals surface area contributed by atoms with Crippen LogP contribution in [0.25, 0.3) is 11.1 Å². The van der Waals surface area contributed by atoms with Crippen LogP contribution in [0.1, 0.15) is 20.1 Å². The number of anilines is 1. The van der Waals surface area contributed by atoms with Gasteiger partial charge in [0.1, 0.15) is 17.9 Å². The molecule has 18 heavy (non-hydrogen) atoms. The van der Waals surface area contributed by atoms with E-state index in [1.165, 1.54) is 6.07 Å². The van der Waals surface area contributed by atoms with Crippen molar-refractivity contribution in [1.29, 1.82) is 0 Å². The summed E-state index contributed by atoms with van der Waals surface area (Å²) in [5.41, 5.74) is 6.58. The Kier molecular flexibility index (Phi) is 3.57. The van der Waals surface area contributed by atoms with Crippen LogP contribution in [-0.4, -0.2) is 21.4 Å². The molecule has 0 fully saturated rings. The minimum absolute atomic E-state index is 0.189. The third-order valence-corrected chi connectivity index (χ3v) is 2.57. The summed E-state index contributed by atoms with van der Waals surface area (Å²) in [7, 11) is 0. The van der Waals surface area contributed by atoms with E-state index in [9.17, 15) is 4.39 Å². The van der Waals surface area contributed by atoms with E-state index in [0.29, 0.717) is 17.7 Å². The van der Waals surface area contributed by atoms with Gasteiger partial charge in [0.25, 0.3) is 0 Å². The molecule has 0 aliphatic rings. The average molecular weight is 250 g/mol. The lowest BCUT2D eigenvalue weighted by atomic mass is 10.1. The molecule has 2 aromatic rings. The molecule has 6 heteroatoms. The summed E-state index contributed by atoms with van der Waals surface area (Å²) in [5, 5.41) is 4.15. The van der Waals surface area contributed by atoms with E-state index in [1.54, 1.807) is 17.1 Å². The first-order valence-electron chi connectivity index (χ1n) is 5.69. The zero-order valence-electron chi connectivity index (χ0n) is 10.3. The topological polar surface area (TPSA) is 66.0 Å². The Morgan fingerprint density at radius 2 is 2.28 bits per heavy atom. The molecule has 96 valence electrons. The molecule has 0 saturated carbocycles. The Bertz CT molecular complexity index is 541. The van der Waals surface area contributed by atoms with Crippen LogP contribution in [-0.2, 0) is 4.74 Å². The number of nitrogen functional groups attached to an aromatic ring is 1. The number of aromatic nitrogens is 3. The number of ether oxygens (including phenoxy) is 1. The summed E-state index contributed by atoms with van der Waals surface area (Å²) in [6.45, 7) is 4.37. The molecule has 0 aromatic carbocycles. The summed E-state index contributed by atoms with van der Waals surface area (Å²) < 4.78 is 20.7. The first kappa shape index (κ1) is 12.5. The Morgan fingerprint density at radius 3 is 3.00 bits per heavy atom. The van der Waals surface area contributed by atoms with Crippen LogP contribution >= 0.6 is 0 Å². The highest BCUT2D eigenvalue weighted by Gasteiger charge is 2.11. The zero-order chi connectivity index (χ0) is 13.1. The SMILES string of the molecule is CCOC(C)n1cc(-c2cc(N)ncc2F)cn1. The molecule has 2 heterocycles. The second kappa shape index (κ2) is 5.14. The van der Waals surface area contributed by atoms with E-state index >= 15 is 0 Å². The lowest BCUT2D eigenvalue weighted by molar-refractivity contribution is 0.0160. The smallest absolute Gasteiger partial charge is 0.149 e. The quantitative estimate of drug-likeness (QED) is 0.903. The molecule has 5 nitrogen and oxygen atoms in total. The van der Waals surface area contributed by atoms with Gasteiger partial charge in [-0.15, -0.1) is 0 Å². The maximum atomic E-state index is 13.6. The number of rotatable bonds is 4. The standard InChI is InChI=1S/C12H15FN4O/c1-3-18-8(2)17-7-9(5-16-17)10-4-12(14)15-6-11(10)13/h4-8H,3H2,1-2H3,(H2,14,15). The first-order valence-corrected chi connectivity index (χ1v) is 5.69. The highest BCUT2D eigenvalue weighted by atomic mass is 19.1. The van der Waals surface area contributed by atoms with E-state index in [2.05, 4.69) is 10.1 Å². The van der Waals surface area contributed by atoms with Crippen LogP contribution in [0.5, 0.6) is 0 Å². The maximum absolute atomic E-state index is 13.6. The molecule has 0 amide bonds. The van der Waals surface area contributed by atoms with Crippen LogP contribution in [0.3, 0.4) is 0 Å². The van der Waals surface area contributed by atoms with Gasteiger partial charge in [0.2, 0.25) is 0 Å². The largest absolute Gasteiger partial charge is 0.384 e. The van der Waals surface area contributed by atoms with Crippen molar-refractivity contribution in [2.45, 2.75) is 20.1 Å². The minimum atomic E-state index is -0.423. The van der Waals surface area contributed by atoms with Crippen molar-refractivity contribution in [2.24, 2.45) is 0 Å². The predicted molar refractivity (Wildman–Crippen MR) is 66.2 cm³/mol. The predicted octanol–water partition coefficient (Wildman–Crippen LogP) is 2.22. The summed E-state index contributed by atoms with van der Waals surface area (Å²) >= 11 is 0. The molecule has 2 aromatic heterocycles. The number of pyridine rings is 1. The Hall–Kier alpha value is -1.95. The lowest BCUT2D eigenvalue weighted by Gasteiger charge is -2.11. The molecule has 1 atom stereocenters. The molecule has 0 aliphatic heterocycles. The van der Waals surface area contributed by atoms with Gasteiger partial charge in [-0.3, -0.25) is 0 Å². The third-order valence-electron chi connectivity index (χ3n) is 2.57. The summed E-state index contributed by atoms with van der Waals surface area (Å²) in [6, 6.07) is 1.49. The van der Waals surface area contributed by atoms with Crippen LogP contribution in [0.15, 0.2) is 24.7 Å². The van der Waals surface area contributed by atoms with Crippen LogP contribution in [0.2, 0.25) is 0 Å². The van der Waals surface area contributed by atoms with Gasteiger partial charge >= 0.3 is 0 Å². The zero-order valence-corrected chi connectivity index (χ0v) is 10.3. The molecular weight excluding hydrogens is 235 g/mol. The summed E-state index contributed by atoms with van der Waals surface area (Å²) in [4.78, 5) is 3.69. The van der Waals surface area contributed by atoms with Gasteiger partial charge in [-0.1, -0.05) is 0 Å². The number of halogens is 1. The van der Waals surface area contributed by atoms with Crippen LogP contribution in [0, 0.1) is 5.82 Å². The highest BCUT2D eigenvalue weighted by molar-refractivity contribution is 5.64. The van der Waals surface area contributed by atoms with E-state index in [4.69, 9.17) is 10.5 Å². The summed E-state index contributed by atoms with van der Waals surface area (Å²) in [5.74, 6) is -0.148. The molecule has 0 bridgehead atoms. The van der Waals surface area contributed by atoms with Crippen molar-refractivity contribution in [3.8, 4) is 11.1 Å². The fourth-order valence-corrected chi connectivity index (χ4v) is 1.67. The molecule has 0 aliphatic carbocycles. The normalized spacial score (nSPS) is 12.6. The fourth-order valence-electron chi connectivity index (χ4n) is 1.67. The van der Waals surface area contributed by atoms with Gasteiger partial charge in [0.05, 0.1) is 12.4 Å². The maximum Gasteiger partial charge on any atom is 0.149 e. The number of hydrogen-bond acceptors (Lipinski definition) is 4. The van der Waals surface area contributed by atoms with Crippen molar-refractivity contribution in [3.05, 3.63) is 30.5 Å². The van der Waals surface area contributed by atoms with E-state index in [-0.39, 0.29) is 12.0 Å². The molecule has 2 N–H and O–H groups in total. The number of nitrogens with two attached hydrogens (primary N) is 1. The van der Waals surface area contributed by atoms with Crippen LogP contribution in [0.4, 0.5) is 10.2 Å². The Balaban J connectivity index is 2.32. The molecule has 0 spiro atoms. The molecule has 0 radical (unpaired) electrons. The summed E-state index contributed by atoms with van der Waals surface area (Å²) in [6.07, 6.45) is 4.21. The lowest BCUT2D eigenvalue weighted by Crippen LogP contribution is -2.09. The van der Waals surface area contributed by atoms with Crippen molar-refractivity contribution in [2.75, 3.05) is 12.3 Å². The van der Waals surface area contributed by atoms with Gasteiger partial charge in [-0.2, -0.15) is 5.10 Å². The monoisotopic (exact) mass is 250 g/mol. The van der Waals surface area contributed by atoms with Crippen molar-refractivity contribution in [1.82, 2.24) is 14.8 Å². The molecular formula is C12H15FN4O. The van der Waals surface area contributed by atoms with Gasteiger partial charge < -0.3 is 10.5 Å². The minimum Gasteiger partial charge on any atom is -0.384 e. The first-order chi connectivity index (χ1) is 8.61. The van der Waals surface area contributed by atoms with Crippen molar-refractivity contribution in [3.63, 3.8) is 0 Å². The average Bonchev–Trinajstić information content (AvgIpc) is 2.82. The molecule has 1 unspecified atom stereocenters.